The molecule has 186 valence electrons. The molecule has 1 amide bonds. The molecule has 0 bridgehead atoms. The molecule has 6 rings (SSSR count). The maximum Gasteiger partial charge on any atom is 0.278 e. The van der Waals surface area contributed by atoms with Crippen molar-refractivity contribution in [1.82, 2.24) is 9.58 Å². The molecule has 9 heteroatoms. The van der Waals surface area contributed by atoms with Crippen molar-refractivity contribution >= 4 is 27.1 Å². The van der Waals surface area contributed by atoms with Crippen LogP contribution in [0.15, 0.2) is 64.4 Å². The fraction of sp³-hybridized carbons (Fsp3) is 0.333. The van der Waals surface area contributed by atoms with Gasteiger partial charge in [0.2, 0.25) is 11.2 Å². The van der Waals surface area contributed by atoms with Crippen LogP contribution in [0.1, 0.15) is 59.9 Å². The van der Waals surface area contributed by atoms with Gasteiger partial charge in [0, 0.05) is 35.0 Å². The lowest BCUT2D eigenvalue weighted by atomic mass is 9.79. The summed E-state index contributed by atoms with van der Waals surface area (Å²) in [5.41, 5.74) is 2.27. The largest absolute Gasteiger partial charge is 0.474 e. The Hall–Kier alpha value is -2.83. The molecular weight excluding hydrogens is 496 g/mol. The topological polar surface area (TPSA) is 54.8 Å². The summed E-state index contributed by atoms with van der Waals surface area (Å²) in [4.78, 5) is 29.4. The molecule has 0 spiro atoms. The maximum atomic E-state index is 15.8. The molecule has 0 N–H and O–H groups in total. The third-order valence-electron chi connectivity index (χ3n) is 7.57. The first-order valence-corrected chi connectivity index (χ1v) is 13.5. The van der Waals surface area contributed by atoms with E-state index >= 15 is 4.39 Å². The van der Waals surface area contributed by atoms with Crippen LogP contribution in [0.2, 0.25) is 0 Å². The van der Waals surface area contributed by atoms with Crippen molar-refractivity contribution in [2.24, 2.45) is 5.41 Å². The summed E-state index contributed by atoms with van der Waals surface area (Å²) in [5, 5.41) is 2.09. The molecule has 0 saturated carbocycles. The van der Waals surface area contributed by atoms with E-state index in [1.54, 1.807) is 28.7 Å². The minimum Gasteiger partial charge on any atom is -0.474 e. The molecule has 2 aromatic carbocycles. The van der Waals surface area contributed by atoms with Crippen LogP contribution >= 0.6 is 21.2 Å². The quantitative estimate of drug-likeness (QED) is 0.438. The molecule has 1 fully saturated rings. The Labute approximate surface area is 215 Å². The Morgan fingerprint density at radius 1 is 1.11 bits per heavy atom. The summed E-state index contributed by atoms with van der Waals surface area (Å²) in [5.74, 6) is 0.0979. The number of thioether (sulfide) groups is 1. The second-order valence-corrected chi connectivity index (χ2v) is 11.6. The van der Waals surface area contributed by atoms with Crippen molar-refractivity contribution in [3.63, 3.8) is 0 Å². The van der Waals surface area contributed by atoms with Gasteiger partial charge in [-0.15, -0.1) is 11.8 Å². The summed E-state index contributed by atoms with van der Waals surface area (Å²) in [6, 6.07) is 14.2. The molecule has 1 unspecified atom stereocenters. The summed E-state index contributed by atoms with van der Waals surface area (Å²) in [7, 11) is 2.09. The highest BCUT2D eigenvalue weighted by Gasteiger charge is 2.49. The molecule has 4 heterocycles. The lowest BCUT2D eigenvalue weighted by Crippen LogP contribution is -2.65. The van der Waals surface area contributed by atoms with Gasteiger partial charge in [-0.3, -0.25) is 19.3 Å². The van der Waals surface area contributed by atoms with E-state index in [4.69, 9.17) is 4.52 Å². The van der Waals surface area contributed by atoms with Gasteiger partial charge >= 0.3 is 0 Å². The van der Waals surface area contributed by atoms with Crippen molar-refractivity contribution < 1.29 is 13.7 Å². The second kappa shape index (κ2) is 8.63. The zero-order valence-corrected chi connectivity index (χ0v) is 22.1. The standard InChI is InChI=1S/C27H27FN3O3PS/c1-27(2)11-13-29-21(14-27)31(30-12-10-19(32)25(34-35)24(30)26(29)33)23-17-7-3-4-9-20(17)36-15-16-6-5-8-18(28)22(16)23/h3-10,12,21,23H,11,13-15,35H2,1-2H3/t21-,23-/m1/s1. The summed E-state index contributed by atoms with van der Waals surface area (Å²) in [6.45, 7) is 4.95. The van der Waals surface area contributed by atoms with Gasteiger partial charge in [-0.2, -0.15) is 0 Å². The molecule has 3 atom stereocenters. The third-order valence-corrected chi connectivity index (χ3v) is 8.95. The van der Waals surface area contributed by atoms with Crippen molar-refractivity contribution in [1.29, 1.82) is 0 Å². The Balaban J connectivity index is 1.69. The van der Waals surface area contributed by atoms with Crippen molar-refractivity contribution in [2.45, 2.75) is 49.5 Å². The Kier molecular flexibility index (Phi) is 5.65. The fourth-order valence-corrected chi connectivity index (χ4v) is 7.09. The molecule has 3 aliphatic rings. The first-order chi connectivity index (χ1) is 17.3. The molecule has 1 saturated heterocycles. The van der Waals surface area contributed by atoms with Crippen LogP contribution in [0.5, 0.6) is 5.75 Å². The van der Waals surface area contributed by atoms with Gasteiger partial charge in [0.25, 0.3) is 5.91 Å². The highest BCUT2D eigenvalue weighted by molar-refractivity contribution is 7.98. The number of nitrogens with zero attached hydrogens (tertiary/aromatic N) is 3. The average molecular weight is 524 g/mol. The Bertz CT molecular complexity index is 1440. The number of benzene rings is 2. The number of piperidine rings is 1. The van der Waals surface area contributed by atoms with Crippen LogP contribution < -0.4 is 15.0 Å². The van der Waals surface area contributed by atoms with E-state index in [0.29, 0.717) is 24.3 Å². The van der Waals surface area contributed by atoms with Gasteiger partial charge in [-0.05, 0) is 41.5 Å². The van der Waals surface area contributed by atoms with Gasteiger partial charge in [0.05, 0.1) is 9.47 Å². The zero-order valence-electron chi connectivity index (χ0n) is 20.1. The molecule has 36 heavy (non-hydrogen) atoms. The monoisotopic (exact) mass is 523 g/mol. The summed E-state index contributed by atoms with van der Waals surface area (Å²) >= 11 is 1.69. The van der Waals surface area contributed by atoms with Gasteiger partial charge in [-0.25, -0.2) is 4.39 Å². The highest BCUT2D eigenvalue weighted by Crippen LogP contribution is 2.47. The molecule has 0 radical (unpaired) electrons. The molecule has 6 nitrogen and oxygen atoms in total. The van der Waals surface area contributed by atoms with E-state index in [1.165, 1.54) is 12.1 Å². The number of rotatable bonds is 2. The van der Waals surface area contributed by atoms with Crippen LogP contribution in [0.3, 0.4) is 0 Å². The van der Waals surface area contributed by atoms with Crippen LogP contribution in [0, 0.1) is 11.2 Å². The van der Waals surface area contributed by atoms with Crippen LogP contribution in [0.4, 0.5) is 4.39 Å². The van der Waals surface area contributed by atoms with E-state index < -0.39 is 6.04 Å². The van der Waals surface area contributed by atoms with Gasteiger partial charge < -0.3 is 9.42 Å². The molecule has 3 aliphatic heterocycles. The van der Waals surface area contributed by atoms with E-state index in [0.717, 1.165) is 22.4 Å². The van der Waals surface area contributed by atoms with Crippen molar-refractivity contribution in [3.05, 3.63) is 93.2 Å². The highest BCUT2D eigenvalue weighted by atomic mass is 32.2. The predicted molar refractivity (Wildman–Crippen MR) is 141 cm³/mol. The van der Waals surface area contributed by atoms with Crippen molar-refractivity contribution in [3.8, 4) is 5.75 Å². The third kappa shape index (κ3) is 3.57. The Morgan fingerprint density at radius 3 is 2.72 bits per heavy atom. The first-order valence-electron chi connectivity index (χ1n) is 12.0. The van der Waals surface area contributed by atoms with Crippen LogP contribution in [-0.2, 0) is 5.75 Å². The predicted octanol–water partition coefficient (Wildman–Crippen LogP) is 5.09. The average Bonchev–Trinajstić information content (AvgIpc) is 3.02. The minimum absolute atomic E-state index is 0.0206. The molecule has 0 aliphatic carbocycles. The number of halogens is 1. The van der Waals surface area contributed by atoms with Gasteiger partial charge in [0.1, 0.15) is 18.0 Å². The molecule has 3 aromatic rings. The van der Waals surface area contributed by atoms with Gasteiger partial charge in [-0.1, -0.05) is 44.2 Å². The normalized spacial score (nSPS) is 22.2. The summed E-state index contributed by atoms with van der Waals surface area (Å²) < 4.78 is 22.9. The number of hydrogen-bond acceptors (Lipinski definition) is 5. The molecule has 1 aromatic heterocycles. The van der Waals surface area contributed by atoms with Crippen LogP contribution in [-0.4, -0.2) is 28.2 Å². The lowest BCUT2D eigenvalue weighted by Gasteiger charge is -2.54. The number of aromatic nitrogens is 1. The van der Waals surface area contributed by atoms with E-state index in [2.05, 4.69) is 34.4 Å². The second-order valence-electron chi connectivity index (χ2n) is 10.3. The van der Waals surface area contributed by atoms with Crippen molar-refractivity contribution in [2.75, 3.05) is 11.6 Å². The SMILES string of the molecule is CC1(C)CCN2C(=O)c3c(OP)c(=O)ccn3N([C@@H]3c4ccccc4SCc4cccc(F)c43)[C@@H]2C1. The molecular formula is C27H27FN3O3PS. The number of hydrogen-bond donors (Lipinski definition) is 0. The number of carbonyl (C=O) groups is 1. The number of amides is 1. The fourth-order valence-electron chi connectivity index (χ4n) is 5.78. The summed E-state index contributed by atoms with van der Waals surface area (Å²) in [6.07, 6.45) is 2.83. The first kappa shape index (κ1) is 23.6. The van der Waals surface area contributed by atoms with E-state index in [1.807, 2.05) is 29.2 Å². The maximum absolute atomic E-state index is 15.8. The number of carbonyl (C=O) groups excluding carboxylic acids is 1. The van der Waals surface area contributed by atoms with E-state index in [9.17, 15) is 9.59 Å². The van der Waals surface area contributed by atoms with Gasteiger partial charge in [0.15, 0.2) is 5.69 Å². The zero-order chi connectivity index (χ0) is 25.2. The number of pyridine rings is 1. The van der Waals surface area contributed by atoms with E-state index in [-0.39, 0.29) is 40.2 Å². The smallest absolute Gasteiger partial charge is 0.278 e. The van der Waals surface area contributed by atoms with Crippen LogP contribution in [0.25, 0.3) is 0 Å². The number of fused-ring (bicyclic) bond motifs is 4. The lowest BCUT2D eigenvalue weighted by molar-refractivity contribution is 0.0245. The Morgan fingerprint density at radius 2 is 1.92 bits per heavy atom. The minimum atomic E-state index is -0.513.